The third-order valence-electron chi connectivity index (χ3n) is 4.99. The summed E-state index contributed by atoms with van der Waals surface area (Å²) in [5, 5.41) is 0.587. The molecule has 0 atom stereocenters. The topological polar surface area (TPSA) is 66.9 Å². The molecule has 0 N–H and O–H groups in total. The second-order valence-electron chi connectivity index (χ2n) is 6.81. The van der Waals surface area contributed by atoms with E-state index in [1.54, 1.807) is 36.1 Å². The molecule has 0 aliphatic carbocycles. The number of hydrogen-bond acceptors (Lipinski definition) is 5. The van der Waals surface area contributed by atoms with Crippen molar-refractivity contribution < 1.29 is 17.9 Å². The molecule has 0 aromatic heterocycles. The van der Waals surface area contributed by atoms with Gasteiger partial charge in [-0.25, -0.2) is 8.42 Å². The fourth-order valence-corrected chi connectivity index (χ4v) is 4.54. The lowest BCUT2D eigenvalue weighted by atomic mass is 10.2. The van der Waals surface area contributed by atoms with Gasteiger partial charge in [0.05, 0.1) is 21.2 Å². The Morgan fingerprint density at radius 2 is 1.69 bits per heavy atom. The molecule has 1 heterocycles. The highest BCUT2D eigenvalue weighted by molar-refractivity contribution is 7.91. The van der Waals surface area contributed by atoms with E-state index in [4.69, 9.17) is 16.3 Å². The van der Waals surface area contributed by atoms with E-state index in [1.165, 1.54) is 6.07 Å². The number of carbonyl (C=O) groups is 1. The molecule has 156 valence electrons. The van der Waals surface area contributed by atoms with E-state index in [2.05, 4.69) is 4.90 Å². The summed E-state index contributed by atoms with van der Waals surface area (Å²) in [6.45, 7) is 5.33. The van der Waals surface area contributed by atoms with Gasteiger partial charge in [0.1, 0.15) is 12.4 Å². The predicted molar refractivity (Wildman–Crippen MR) is 113 cm³/mol. The average Bonchev–Trinajstić information content (AvgIpc) is 2.75. The first-order valence-electron chi connectivity index (χ1n) is 9.63. The zero-order chi connectivity index (χ0) is 20.9. The third-order valence-corrected chi connectivity index (χ3v) is 7.09. The normalized spacial score (nSPS) is 15.3. The van der Waals surface area contributed by atoms with Crippen LogP contribution in [0.15, 0.2) is 53.4 Å². The van der Waals surface area contributed by atoms with E-state index in [0.29, 0.717) is 43.6 Å². The van der Waals surface area contributed by atoms with Gasteiger partial charge in [-0.2, -0.15) is 0 Å². The highest BCUT2D eigenvalue weighted by Crippen LogP contribution is 2.23. The summed E-state index contributed by atoms with van der Waals surface area (Å²) in [4.78, 5) is 17.0. The van der Waals surface area contributed by atoms with Gasteiger partial charge in [0.25, 0.3) is 5.91 Å². The standard InChI is InChI=1S/C21H25ClN2O4S/c1-2-29(26,27)20-10-6-3-7-17(20)21(25)24-13-11-23(12-14-24)15-16-28-19-9-5-4-8-18(19)22/h3-10H,2,11-16H2,1H3. The molecule has 29 heavy (non-hydrogen) atoms. The molecule has 1 aliphatic rings. The Labute approximate surface area is 176 Å². The quantitative estimate of drug-likeness (QED) is 0.667. The summed E-state index contributed by atoms with van der Waals surface area (Å²) in [5.41, 5.74) is 0.254. The maximum Gasteiger partial charge on any atom is 0.255 e. The molecule has 6 nitrogen and oxygen atoms in total. The summed E-state index contributed by atoms with van der Waals surface area (Å²) in [5.74, 6) is 0.401. The molecule has 0 spiro atoms. The van der Waals surface area contributed by atoms with Crippen LogP contribution in [0.3, 0.4) is 0 Å². The van der Waals surface area contributed by atoms with Crippen molar-refractivity contribution in [3.8, 4) is 5.75 Å². The van der Waals surface area contributed by atoms with E-state index in [9.17, 15) is 13.2 Å². The largest absolute Gasteiger partial charge is 0.491 e. The molecule has 2 aromatic rings. The minimum absolute atomic E-state index is 0.0312. The number of halogens is 1. The van der Waals surface area contributed by atoms with Crippen LogP contribution in [0.5, 0.6) is 5.75 Å². The van der Waals surface area contributed by atoms with Crippen LogP contribution in [-0.2, 0) is 9.84 Å². The molecule has 8 heteroatoms. The minimum Gasteiger partial charge on any atom is -0.491 e. The van der Waals surface area contributed by atoms with E-state index in [1.807, 2.05) is 18.2 Å². The molecular weight excluding hydrogens is 412 g/mol. The van der Waals surface area contributed by atoms with Gasteiger partial charge in [0.2, 0.25) is 0 Å². The summed E-state index contributed by atoms with van der Waals surface area (Å²) in [6.07, 6.45) is 0. The summed E-state index contributed by atoms with van der Waals surface area (Å²) < 4.78 is 30.4. The maximum atomic E-state index is 12.9. The molecule has 0 bridgehead atoms. The number of ether oxygens (including phenoxy) is 1. The van der Waals surface area contributed by atoms with Crippen molar-refractivity contribution in [2.75, 3.05) is 45.1 Å². The van der Waals surface area contributed by atoms with Gasteiger partial charge in [0, 0.05) is 32.7 Å². The van der Waals surface area contributed by atoms with Crippen molar-refractivity contribution >= 4 is 27.3 Å². The molecule has 1 amide bonds. The zero-order valence-electron chi connectivity index (χ0n) is 16.4. The van der Waals surface area contributed by atoms with E-state index >= 15 is 0 Å². The van der Waals surface area contributed by atoms with Crippen LogP contribution in [0.25, 0.3) is 0 Å². The van der Waals surface area contributed by atoms with E-state index in [-0.39, 0.29) is 22.1 Å². The Kier molecular flexibility index (Phi) is 7.16. The molecule has 1 aliphatic heterocycles. The Bertz CT molecular complexity index is 957. The molecule has 1 saturated heterocycles. The lowest BCUT2D eigenvalue weighted by Crippen LogP contribution is -2.49. The van der Waals surface area contributed by atoms with Crippen molar-refractivity contribution in [1.29, 1.82) is 0 Å². The minimum atomic E-state index is -3.45. The van der Waals surface area contributed by atoms with E-state index in [0.717, 1.165) is 6.54 Å². The van der Waals surface area contributed by atoms with Gasteiger partial charge in [-0.15, -0.1) is 0 Å². The van der Waals surface area contributed by atoms with Crippen LogP contribution in [0.4, 0.5) is 0 Å². The molecule has 2 aromatic carbocycles. The highest BCUT2D eigenvalue weighted by atomic mass is 35.5. The Morgan fingerprint density at radius 3 is 2.38 bits per heavy atom. The SMILES string of the molecule is CCS(=O)(=O)c1ccccc1C(=O)N1CCN(CCOc2ccccc2Cl)CC1. The number of rotatable bonds is 7. The second-order valence-corrected chi connectivity index (χ2v) is 9.47. The smallest absolute Gasteiger partial charge is 0.255 e. The van der Waals surface area contributed by atoms with Gasteiger partial charge in [-0.05, 0) is 24.3 Å². The van der Waals surface area contributed by atoms with Crippen molar-refractivity contribution in [3.63, 3.8) is 0 Å². The second kappa shape index (κ2) is 9.61. The number of piperazine rings is 1. The fourth-order valence-electron chi connectivity index (χ4n) is 3.26. The Morgan fingerprint density at radius 1 is 1.03 bits per heavy atom. The molecule has 3 rings (SSSR count). The van der Waals surface area contributed by atoms with Crippen LogP contribution in [-0.4, -0.2) is 69.2 Å². The average molecular weight is 437 g/mol. The molecule has 0 radical (unpaired) electrons. The summed E-state index contributed by atoms with van der Waals surface area (Å²) in [6, 6.07) is 13.8. The van der Waals surface area contributed by atoms with Gasteiger partial charge in [-0.1, -0.05) is 42.8 Å². The lowest BCUT2D eigenvalue weighted by Gasteiger charge is -2.35. The maximum absolute atomic E-state index is 12.9. The van der Waals surface area contributed by atoms with Gasteiger partial charge in [0.15, 0.2) is 9.84 Å². The number of amides is 1. The van der Waals surface area contributed by atoms with Crippen LogP contribution in [0.1, 0.15) is 17.3 Å². The van der Waals surface area contributed by atoms with Crippen molar-refractivity contribution in [1.82, 2.24) is 9.80 Å². The summed E-state index contributed by atoms with van der Waals surface area (Å²) in [7, 11) is -3.45. The number of carbonyl (C=O) groups excluding carboxylic acids is 1. The monoisotopic (exact) mass is 436 g/mol. The Hall–Kier alpha value is -2.09. The Balaban J connectivity index is 1.55. The van der Waals surface area contributed by atoms with Crippen molar-refractivity contribution in [2.45, 2.75) is 11.8 Å². The van der Waals surface area contributed by atoms with Crippen LogP contribution in [0.2, 0.25) is 5.02 Å². The summed E-state index contributed by atoms with van der Waals surface area (Å²) >= 11 is 6.09. The molecule has 0 unspecified atom stereocenters. The van der Waals surface area contributed by atoms with Gasteiger partial charge >= 0.3 is 0 Å². The predicted octanol–water partition coefficient (Wildman–Crippen LogP) is 2.97. The molecular formula is C21H25ClN2O4S. The molecule has 1 fully saturated rings. The molecule has 0 saturated carbocycles. The van der Waals surface area contributed by atoms with Crippen LogP contribution >= 0.6 is 11.6 Å². The number of sulfone groups is 1. The first kappa shape index (κ1) is 21.6. The van der Waals surface area contributed by atoms with Crippen LogP contribution in [0, 0.1) is 0 Å². The first-order chi connectivity index (χ1) is 13.9. The highest BCUT2D eigenvalue weighted by Gasteiger charge is 2.26. The fraction of sp³-hybridized carbons (Fsp3) is 0.381. The van der Waals surface area contributed by atoms with Gasteiger partial charge < -0.3 is 9.64 Å². The third kappa shape index (κ3) is 5.29. The van der Waals surface area contributed by atoms with E-state index < -0.39 is 9.84 Å². The van der Waals surface area contributed by atoms with Crippen molar-refractivity contribution in [2.24, 2.45) is 0 Å². The first-order valence-corrected chi connectivity index (χ1v) is 11.7. The number of nitrogens with zero attached hydrogens (tertiary/aromatic N) is 2. The number of para-hydroxylation sites is 1. The number of benzene rings is 2. The van der Waals surface area contributed by atoms with Crippen molar-refractivity contribution in [3.05, 3.63) is 59.1 Å². The van der Waals surface area contributed by atoms with Crippen LogP contribution < -0.4 is 4.74 Å². The lowest BCUT2D eigenvalue weighted by molar-refractivity contribution is 0.0616. The zero-order valence-corrected chi connectivity index (χ0v) is 18.0. The number of hydrogen-bond donors (Lipinski definition) is 0. The van der Waals surface area contributed by atoms with Gasteiger partial charge in [-0.3, -0.25) is 9.69 Å².